The number of aryl methyl sites for hydroxylation is 1. The van der Waals surface area contributed by atoms with Crippen molar-refractivity contribution < 1.29 is 0 Å². The van der Waals surface area contributed by atoms with E-state index in [2.05, 4.69) is 27.4 Å². The maximum Gasteiger partial charge on any atom is 0.104 e. The van der Waals surface area contributed by atoms with Gasteiger partial charge in [-0.1, -0.05) is 0 Å². The molecule has 0 spiro atoms. The molecule has 0 radical (unpaired) electrons. The van der Waals surface area contributed by atoms with Crippen LogP contribution in [0, 0.1) is 6.92 Å². The minimum Gasteiger partial charge on any atom is -0.342 e. The SMILES string of the molecule is Cc1nc2cc3c(cc2[nH]1)C12CNCC31C2. The van der Waals surface area contributed by atoms with Gasteiger partial charge < -0.3 is 10.3 Å². The fourth-order valence-corrected chi connectivity index (χ4v) is 4.23. The Hall–Kier alpha value is -1.35. The number of benzene rings is 1. The molecule has 2 fully saturated rings. The van der Waals surface area contributed by atoms with E-state index in [4.69, 9.17) is 0 Å². The zero-order chi connectivity index (χ0) is 10.5. The molecule has 0 bridgehead atoms. The van der Waals surface area contributed by atoms with Crippen LogP contribution in [0.2, 0.25) is 0 Å². The fourth-order valence-electron chi connectivity index (χ4n) is 4.23. The number of hydrogen-bond donors (Lipinski definition) is 2. The van der Waals surface area contributed by atoms with E-state index in [9.17, 15) is 0 Å². The van der Waals surface area contributed by atoms with Gasteiger partial charge in [-0.25, -0.2) is 4.98 Å². The van der Waals surface area contributed by atoms with E-state index in [1.54, 1.807) is 11.1 Å². The van der Waals surface area contributed by atoms with Crippen molar-refractivity contribution in [3.8, 4) is 0 Å². The van der Waals surface area contributed by atoms with Crippen LogP contribution in [0.3, 0.4) is 0 Å². The smallest absolute Gasteiger partial charge is 0.104 e. The van der Waals surface area contributed by atoms with E-state index >= 15 is 0 Å². The number of nitrogens with one attached hydrogen (secondary N) is 2. The number of aromatic amines is 1. The molecule has 1 aliphatic heterocycles. The third-order valence-electron chi connectivity index (χ3n) is 5.02. The Morgan fingerprint density at radius 3 is 2.75 bits per heavy atom. The summed E-state index contributed by atoms with van der Waals surface area (Å²) in [6.07, 6.45) is 1.37. The zero-order valence-electron chi connectivity index (χ0n) is 9.22. The van der Waals surface area contributed by atoms with Gasteiger partial charge in [0, 0.05) is 23.9 Å². The second-order valence-electron chi connectivity index (χ2n) is 5.68. The van der Waals surface area contributed by atoms with Gasteiger partial charge in [0.25, 0.3) is 0 Å². The van der Waals surface area contributed by atoms with Gasteiger partial charge in [-0.2, -0.15) is 0 Å². The van der Waals surface area contributed by atoms with E-state index in [0.29, 0.717) is 10.8 Å². The first kappa shape index (κ1) is 7.85. The lowest BCUT2D eigenvalue weighted by molar-refractivity contribution is 0.578. The highest BCUT2D eigenvalue weighted by molar-refractivity contribution is 5.83. The number of nitrogens with zero attached hydrogens (tertiary/aromatic N) is 1. The summed E-state index contributed by atoms with van der Waals surface area (Å²) in [6.45, 7) is 4.38. The summed E-state index contributed by atoms with van der Waals surface area (Å²) in [6, 6.07) is 4.65. The molecule has 1 saturated carbocycles. The molecule has 2 N–H and O–H groups in total. The molecule has 2 aromatic rings. The van der Waals surface area contributed by atoms with Gasteiger partial charge in [0.1, 0.15) is 5.82 Å². The van der Waals surface area contributed by atoms with Gasteiger partial charge in [0.2, 0.25) is 0 Å². The van der Waals surface area contributed by atoms with Crippen LogP contribution in [-0.4, -0.2) is 23.1 Å². The average Bonchev–Trinajstić information content (AvgIpc) is 2.57. The van der Waals surface area contributed by atoms with Gasteiger partial charge in [0.15, 0.2) is 0 Å². The third-order valence-corrected chi connectivity index (χ3v) is 5.02. The van der Waals surface area contributed by atoms with Crippen LogP contribution in [0.4, 0.5) is 0 Å². The summed E-state index contributed by atoms with van der Waals surface area (Å²) in [5.74, 6) is 1.02. The molecule has 80 valence electrons. The lowest BCUT2D eigenvalue weighted by atomic mass is 9.70. The predicted octanol–water partition coefficient (Wildman–Crippen LogP) is 1.37. The fraction of sp³-hybridized carbons (Fsp3) is 0.462. The molecule has 16 heavy (non-hydrogen) atoms. The monoisotopic (exact) mass is 211 g/mol. The largest absolute Gasteiger partial charge is 0.342 e. The Labute approximate surface area is 93.3 Å². The summed E-state index contributed by atoms with van der Waals surface area (Å²) in [5, 5.41) is 3.54. The first-order chi connectivity index (χ1) is 7.75. The highest BCUT2D eigenvalue weighted by atomic mass is 15.1. The quantitative estimate of drug-likeness (QED) is 0.691. The molecular weight excluding hydrogens is 198 g/mol. The van der Waals surface area contributed by atoms with E-state index in [-0.39, 0.29) is 0 Å². The van der Waals surface area contributed by atoms with Crippen molar-refractivity contribution in [1.29, 1.82) is 0 Å². The first-order valence-electron chi connectivity index (χ1n) is 5.97. The van der Waals surface area contributed by atoms with Gasteiger partial charge in [-0.05, 0) is 36.6 Å². The van der Waals surface area contributed by atoms with Gasteiger partial charge in [-0.3, -0.25) is 0 Å². The molecule has 2 unspecified atom stereocenters. The number of hydrogen-bond acceptors (Lipinski definition) is 2. The maximum atomic E-state index is 4.53. The zero-order valence-corrected chi connectivity index (χ0v) is 9.22. The maximum absolute atomic E-state index is 4.53. The molecule has 1 saturated heterocycles. The topological polar surface area (TPSA) is 40.7 Å². The first-order valence-corrected chi connectivity index (χ1v) is 5.97. The van der Waals surface area contributed by atoms with Crippen molar-refractivity contribution in [2.75, 3.05) is 13.1 Å². The molecule has 1 aromatic carbocycles. The van der Waals surface area contributed by atoms with Crippen LogP contribution in [0.25, 0.3) is 11.0 Å². The standard InChI is InChI=1S/C13H13N3/c1-7-15-10-2-8-9(3-11(10)16-7)13-4-12(8,13)5-14-6-13/h2-3,14H,4-6H2,1H3,(H,15,16). The summed E-state index contributed by atoms with van der Waals surface area (Å²) < 4.78 is 0. The molecule has 5 rings (SSSR count). The van der Waals surface area contributed by atoms with Crippen LogP contribution in [0.1, 0.15) is 23.4 Å². The molecule has 2 heterocycles. The van der Waals surface area contributed by atoms with Crippen LogP contribution in [0.5, 0.6) is 0 Å². The molecule has 1 aromatic heterocycles. The van der Waals surface area contributed by atoms with Crippen LogP contribution in [0.15, 0.2) is 12.1 Å². The Balaban J connectivity index is 1.87. The van der Waals surface area contributed by atoms with Crippen molar-refractivity contribution in [2.24, 2.45) is 0 Å². The molecule has 2 atom stereocenters. The number of rotatable bonds is 0. The van der Waals surface area contributed by atoms with E-state index in [0.717, 1.165) is 11.3 Å². The Morgan fingerprint density at radius 1 is 1.19 bits per heavy atom. The Bertz CT molecular complexity index is 603. The van der Waals surface area contributed by atoms with Crippen molar-refractivity contribution in [2.45, 2.75) is 24.2 Å². The third kappa shape index (κ3) is 0.554. The number of imidazole rings is 1. The van der Waals surface area contributed by atoms with Crippen LogP contribution in [-0.2, 0) is 10.8 Å². The average molecular weight is 211 g/mol. The van der Waals surface area contributed by atoms with Crippen molar-refractivity contribution in [3.05, 3.63) is 29.1 Å². The lowest BCUT2D eigenvalue weighted by Gasteiger charge is -2.32. The van der Waals surface area contributed by atoms with Crippen LogP contribution < -0.4 is 5.32 Å². The highest BCUT2D eigenvalue weighted by Crippen LogP contribution is 2.76. The van der Waals surface area contributed by atoms with E-state index < -0.39 is 0 Å². The normalized spacial score (nSPS) is 37.8. The van der Waals surface area contributed by atoms with Crippen molar-refractivity contribution in [3.63, 3.8) is 0 Å². The van der Waals surface area contributed by atoms with Crippen LogP contribution >= 0.6 is 0 Å². The number of piperidine rings is 1. The van der Waals surface area contributed by atoms with E-state index in [1.807, 2.05) is 6.92 Å². The van der Waals surface area contributed by atoms with Crippen molar-refractivity contribution in [1.82, 2.24) is 15.3 Å². The van der Waals surface area contributed by atoms with Gasteiger partial charge in [0.05, 0.1) is 11.0 Å². The number of H-pyrrole nitrogens is 1. The molecule has 2 aliphatic carbocycles. The molecule has 3 heteroatoms. The number of fused-ring (bicyclic) bond motifs is 2. The summed E-state index contributed by atoms with van der Waals surface area (Å²) in [7, 11) is 0. The summed E-state index contributed by atoms with van der Waals surface area (Å²) in [4.78, 5) is 7.88. The summed E-state index contributed by atoms with van der Waals surface area (Å²) in [5.41, 5.74) is 6.50. The molecule has 0 amide bonds. The second-order valence-corrected chi connectivity index (χ2v) is 5.68. The minimum atomic E-state index is 0.503. The molecule has 3 nitrogen and oxygen atoms in total. The minimum absolute atomic E-state index is 0.503. The molecule has 3 aliphatic rings. The Morgan fingerprint density at radius 2 is 1.94 bits per heavy atom. The van der Waals surface area contributed by atoms with Gasteiger partial charge in [-0.15, -0.1) is 0 Å². The lowest BCUT2D eigenvalue weighted by Crippen LogP contribution is -2.33. The van der Waals surface area contributed by atoms with Crippen molar-refractivity contribution >= 4 is 11.0 Å². The highest BCUT2D eigenvalue weighted by Gasteiger charge is 2.79. The van der Waals surface area contributed by atoms with Gasteiger partial charge >= 0.3 is 0 Å². The predicted molar refractivity (Wildman–Crippen MR) is 61.7 cm³/mol. The molecular formula is C13H13N3. The Kier molecular flexibility index (Phi) is 0.946. The summed E-state index contributed by atoms with van der Waals surface area (Å²) >= 11 is 0. The van der Waals surface area contributed by atoms with E-state index in [1.165, 1.54) is 25.0 Å². The number of aromatic nitrogens is 2. The second kappa shape index (κ2) is 1.93.